The van der Waals surface area contributed by atoms with Gasteiger partial charge in [-0.15, -0.1) is 0 Å². The van der Waals surface area contributed by atoms with Crippen LogP contribution in [-0.4, -0.2) is 12.9 Å². The van der Waals surface area contributed by atoms with Gasteiger partial charge in [-0.3, -0.25) is 4.79 Å². The SMILES string of the molecule is CC(C)COC=CC=O. The van der Waals surface area contributed by atoms with Gasteiger partial charge in [-0.05, 0) is 5.92 Å². The minimum atomic E-state index is 0.515. The zero-order valence-corrected chi connectivity index (χ0v) is 5.83. The molecule has 0 saturated heterocycles. The lowest BCUT2D eigenvalue weighted by Crippen LogP contribution is -1.96. The van der Waals surface area contributed by atoms with Crippen molar-refractivity contribution < 1.29 is 9.53 Å². The molecule has 0 saturated carbocycles. The Labute approximate surface area is 55.5 Å². The fourth-order valence-electron chi connectivity index (χ4n) is 0.336. The number of hydrogen-bond acceptors (Lipinski definition) is 2. The van der Waals surface area contributed by atoms with Crippen molar-refractivity contribution in [2.75, 3.05) is 6.61 Å². The summed E-state index contributed by atoms with van der Waals surface area (Å²) in [6, 6.07) is 0. The predicted octanol–water partition coefficient (Wildman–Crippen LogP) is 1.37. The van der Waals surface area contributed by atoms with Crippen molar-refractivity contribution in [2.24, 2.45) is 5.92 Å². The second-order valence-corrected chi connectivity index (χ2v) is 2.19. The lowest BCUT2D eigenvalue weighted by atomic mass is 10.2. The summed E-state index contributed by atoms with van der Waals surface area (Å²) in [4.78, 5) is 9.68. The average molecular weight is 128 g/mol. The Morgan fingerprint density at radius 2 is 2.22 bits per heavy atom. The molecule has 2 nitrogen and oxygen atoms in total. The topological polar surface area (TPSA) is 26.3 Å². The Bertz CT molecular complexity index is 95.1. The monoisotopic (exact) mass is 128 g/mol. The maximum Gasteiger partial charge on any atom is 0.145 e. The maximum absolute atomic E-state index is 9.68. The predicted molar refractivity (Wildman–Crippen MR) is 36.0 cm³/mol. The van der Waals surface area contributed by atoms with Gasteiger partial charge in [-0.25, -0.2) is 0 Å². The minimum Gasteiger partial charge on any atom is -0.501 e. The number of ether oxygens (including phenoxy) is 1. The maximum atomic E-state index is 9.68. The molecule has 52 valence electrons. The number of carbonyl (C=O) groups excluding carboxylic acids is 1. The van der Waals surface area contributed by atoms with Gasteiger partial charge in [0.1, 0.15) is 6.29 Å². The van der Waals surface area contributed by atoms with E-state index in [2.05, 4.69) is 13.8 Å². The van der Waals surface area contributed by atoms with Crippen LogP contribution < -0.4 is 0 Å². The quantitative estimate of drug-likeness (QED) is 0.325. The molecule has 0 spiro atoms. The van der Waals surface area contributed by atoms with E-state index in [9.17, 15) is 4.79 Å². The molecule has 0 aliphatic carbocycles. The summed E-state index contributed by atoms with van der Waals surface area (Å²) in [6.45, 7) is 4.77. The molecule has 0 unspecified atom stereocenters. The van der Waals surface area contributed by atoms with E-state index in [0.29, 0.717) is 18.8 Å². The van der Waals surface area contributed by atoms with Crippen molar-refractivity contribution in [3.05, 3.63) is 12.3 Å². The summed E-state index contributed by atoms with van der Waals surface area (Å²) in [7, 11) is 0. The molecule has 9 heavy (non-hydrogen) atoms. The highest BCUT2D eigenvalue weighted by atomic mass is 16.5. The van der Waals surface area contributed by atoms with E-state index in [0.717, 1.165) is 0 Å². The second-order valence-electron chi connectivity index (χ2n) is 2.19. The van der Waals surface area contributed by atoms with E-state index in [1.807, 2.05) is 0 Å². The summed E-state index contributed by atoms with van der Waals surface area (Å²) in [5, 5.41) is 0. The van der Waals surface area contributed by atoms with Crippen LogP contribution in [0.25, 0.3) is 0 Å². The molecule has 0 aromatic carbocycles. The highest BCUT2D eigenvalue weighted by molar-refractivity contribution is 5.64. The first-order valence-corrected chi connectivity index (χ1v) is 2.99. The van der Waals surface area contributed by atoms with Crippen molar-refractivity contribution >= 4 is 6.29 Å². The van der Waals surface area contributed by atoms with Crippen LogP contribution in [0.15, 0.2) is 12.3 Å². The lowest BCUT2D eigenvalue weighted by molar-refractivity contribution is -0.104. The normalized spacial score (nSPS) is 10.6. The average Bonchev–Trinajstić information content (AvgIpc) is 1.80. The molecule has 0 heterocycles. The number of hydrogen-bond donors (Lipinski definition) is 0. The minimum absolute atomic E-state index is 0.515. The first kappa shape index (κ1) is 8.21. The Morgan fingerprint density at radius 3 is 2.67 bits per heavy atom. The van der Waals surface area contributed by atoms with Crippen molar-refractivity contribution in [3.8, 4) is 0 Å². The van der Waals surface area contributed by atoms with Crippen LogP contribution in [0.4, 0.5) is 0 Å². The molecule has 0 aromatic heterocycles. The van der Waals surface area contributed by atoms with E-state index in [1.165, 1.54) is 12.3 Å². The third-order valence-electron chi connectivity index (χ3n) is 0.683. The second kappa shape index (κ2) is 5.35. The highest BCUT2D eigenvalue weighted by Gasteiger charge is 1.88. The number of allylic oxidation sites excluding steroid dienone is 1. The molecule has 0 atom stereocenters. The van der Waals surface area contributed by atoms with Gasteiger partial charge in [0.15, 0.2) is 0 Å². The van der Waals surface area contributed by atoms with Gasteiger partial charge in [-0.1, -0.05) is 13.8 Å². The molecule has 0 rings (SSSR count). The fraction of sp³-hybridized carbons (Fsp3) is 0.571. The van der Waals surface area contributed by atoms with Gasteiger partial charge in [0.05, 0.1) is 12.9 Å². The molecule has 0 aliphatic rings. The van der Waals surface area contributed by atoms with Crippen molar-refractivity contribution in [1.82, 2.24) is 0 Å². The van der Waals surface area contributed by atoms with E-state index in [1.54, 1.807) is 0 Å². The Hall–Kier alpha value is -0.790. The molecule has 0 fully saturated rings. The van der Waals surface area contributed by atoms with Gasteiger partial charge < -0.3 is 4.74 Å². The van der Waals surface area contributed by atoms with Gasteiger partial charge in [0, 0.05) is 6.08 Å². The fourth-order valence-corrected chi connectivity index (χ4v) is 0.336. The van der Waals surface area contributed by atoms with Gasteiger partial charge in [0.25, 0.3) is 0 Å². The van der Waals surface area contributed by atoms with Gasteiger partial charge >= 0.3 is 0 Å². The van der Waals surface area contributed by atoms with Crippen molar-refractivity contribution in [2.45, 2.75) is 13.8 Å². The Kier molecular flexibility index (Phi) is 4.88. The number of aldehydes is 1. The summed E-state index contributed by atoms with van der Waals surface area (Å²) in [5.74, 6) is 0.515. The smallest absolute Gasteiger partial charge is 0.145 e. The van der Waals surface area contributed by atoms with Crippen LogP contribution in [-0.2, 0) is 9.53 Å². The first-order chi connectivity index (χ1) is 4.27. The summed E-state index contributed by atoms with van der Waals surface area (Å²) in [6.07, 6.45) is 3.44. The van der Waals surface area contributed by atoms with Gasteiger partial charge in [-0.2, -0.15) is 0 Å². The first-order valence-electron chi connectivity index (χ1n) is 2.99. The van der Waals surface area contributed by atoms with Crippen LogP contribution in [0.3, 0.4) is 0 Å². The Morgan fingerprint density at radius 1 is 1.56 bits per heavy atom. The van der Waals surface area contributed by atoms with Crippen LogP contribution >= 0.6 is 0 Å². The number of carbonyl (C=O) groups is 1. The molecule has 2 heteroatoms. The molecule has 0 radical (unpaired) electrons. The zero-order chi connectivity index (χ0) is 7.11. The molecular formula is C7H12O2. The summed E-state index contributed by atoms with van der Waals surface area (Å²) < 4.78 is 4.92. The van der Waals surface area contributed by atoms with Crippen molar-refractivity contribution in [1.29, 1.82) is 0 Å². The van der Waals surface area contributed by atoms with Crippen LogP contribution in [0.2, 0.25) is 0 Å². The van der Waals surface area contributed by atoms with Crippen LogP contribution in [0.5, 0.6) is 0 Å². The third-order valence-corrected chi connectivity index (χ3v) is 0.683. The molecule has 0 N–H and O–H groups in total. The molecule has 0 aromatic rings. The third kappa shape index (κ3) is 7.21. The summed E-state index contributed by atoms with van der Waals surface area (Å²) in [5.41, 5.74) is 0. The van der Waals surface area contributed by atoms with E-state index in [4.69, 9.17) is 4.74 Å². The standard InChI is InChI=1S/C7H12O2/c1-7(2)6-9-5-3-4-8/h3-5,7H,6H2,1-2H3. The largest absolute Gasteiger partial charge is 0.501 e. The van der Waals surface area contributed by atoms with E-state index >= 15 is 0 Å². The summed E-state index contributed by atoms with van der Waals surface area (Å²) >= 11 is 0. The molecule has 0 aliphatic heterocycles. The lowest BCUT2D eigenvalue weighted by Gasteiger charge is -2.01. The van der Waals surface area contributed by atoms with E-state index in [-0.39, 0.29) is 0 Å². The molecular weight excluding hydrogens is 116 g/mol. The Balaban J connectivity index is 3.08. The zero-order valence-electron chi connectivity index (χ0n) is 5.83. The van der Waals surface area contributed by atoms with Gasteiger partial charge in [0.2, 0.25) is 0 Å². The van der Waals surface area contributed by atoms with E-state index < -0.39 is 0 Å². The van der Waals surface area contributed by atoms with Crippen LogP contribution in [0.1, 0.15) is 13.8 Å². The molecule has 0 amide bonds. The highest BCUT2D eigenvalue weighted by Crippen LogP contribution is 1.91. The van der Waals surface area contributed by atoms with Crippen LogP contribution in [0, 0.1) is 5.92 Å². The number of rotatable bonds is 4. The van der Waals surface area contributed by atoms with Crippen molar-refractivity contribution in [3.63, 3.8) is 0 Å². The molecule has 0 bridgehead atoms.